The maximum absolute atomic E-state index is 11.0. The van der Waals surface area contributed by atoms with Gasteiger partial charge < -0.3 is 10.5 Å². The van der Waals surface area contributed by atoms with Gasteiger partial charge in [-0.3, -0.25) is 4.79 Å². The molecule has 0 spiro atoms. The molecule has 0 amide bonds. The van der Waals surface area contributed by atoms with Gasteiger partial charge in [-0.2, -0.15) is 11.8 Å². The first kappa shape index (κ1) is 11.9. The van der Waals surface area contributed by atoms with Crippen molar-refractivity contribution >= 4 is 17.7 Å². The van der Waals surface area contributed by atoms with Crippen LogP contribution in [-0.4, -0.2) is 30.1 Å². The van der Waals surface area contributed by atoms with E-state index in [9.17, 15) is 4.79 Å². The standard InChI is InChI=1S/C10H19NO2S/c1-13-10(12)9(11)7-14-8-5-3-2-4-6-8/h8-9H,2-7,11H2,1H3. The Morgan fingerprint density at radius 2 is 2.14 bits per heavy atom. The molecule has 1 atom stereocenters. The molecule has 0 aromatic heterocycles. The van der Waals surface area contributed by atoms with Gasteiger partial charge in [0, 0.05) is 11.0 Å². The third-order valence-electron chi connectivity index (χ3n) is 2.57. The summed E-state index contributed by atoms with van der Waals surface area (Å²) in [5.74, 6) is 0.394. The van der Waals surface area contributed by atoms with Gasteiger partial charge in [0.1, 0.15) is 6.04 Å². The molecule has 1 fully saturated rings. The molecule has 1 saturated carbocycles. The van der Waals surface area contributed by atoms with Crippen molar-refractivity contribution in [2.75, 3.05) is 12.9 Å². The van der Waals surface area contributed by atoms with Crippen molar-refractivity contribution in [3.05, 3.63) is 0 Å². The number of carbonyl (C=O) groups is 1. The van der Waals surface area contributed by atoms with Gasteiger partial charge >= 0.3 is 5.97 Å². The highest BCUT2D eigenvalue weighted by molar-refractivity contribution is 7.99. The molecule has 82 valence electrons. The van der Waals surface area contributed by atoms with Gasteiger partial charge in [-0.1, -0.05) is 19.3 Å². The van der Waals surface area contributed by atoms with Crippen LogP contribution in [0.25, 0.3) is 0 Å². The fourth-order valence-corrected chi connectivity index (χ4v) is 2.97. The minimum Gasteiger partial charge on any atom is -0.468 e. The molecule has 0 radical (unpaired) electrons. The summed E-state index contributed by atoms with van der Waals surface area (Å²) in [7, 11) is 1.38. The topological polar surface area (TPSA) is 52.3 Å². The molecular formula is C10H19NO2S. The minimum atomic E-state index is -0.452. The summed E-state index contributed by atoms with van der Waals surface area (Å²) in [4.78, 5) is 11.0. The highest BCUT2D eigenvalue weighted by Crippen LogP contribution is 2.28. The maximum atomic E-state index is 11.0. The van der Waals surface area contributed by atoms with Crippen molar-refractivity contribution in [3.8, 4) is 0 Å². The van der Waals surface area contributed by atoms with E-state index in [0.29, 0.717) is 11.0 Å². The second kappa shape index (κ2) is 6.30. The van der Waals surface area contributed by atoms with E-state index in [2.05, 4.69) is 4.74 Å². The summed E-state index contributed by atoms with van der Waals surface area (Å²) in [6.07, 6.45) is 6.56. The first-order chi connectivity index (χ1) is 6.74. The largest absolute Gasteiger partial charge is 0.468 e. The third kappa shape index (κ3) is 3.88. The van der Waals surface area contributed by atoms with Crippen LogP contribution in [0.5, 0.6) is 0 Å². The van der Waals surface area contributed by atoms with Crippen molar-refractivity contribution in [1.82, 2.24) is 0 Å². The van der Waals surface area contributed by atoms with Crippen LogP contribution in [0, 0.1) is 0 Å². The first-order valence-corrected chi connectivity index (χ1v) is 6.24. The molecule has 0 bridgehead atoms. The Morgan fingerprint density at radius 3 is 2.71 bits per heavy atom. The lowest BCUT2D eigenvalue weighted by Gasteiger charge is -2.21. The van der Waals surface area contributed by atoms with Crippen molar-refractivity contribution in [2.24, 2.45) is 5.73 Å². The van der Waals surface area contributed by atoms with Gasteiger partial charge in [0.05, 0.1) is 7.11 Å². The summed E-state index contributed by atoms with van der Waals surface area (Å²) in [5.41, 5.74) is 5.65. The molecule has 14 heavy (non-hydrogen) atoms. The molecule has 0 aliphatic heterocycles. The number of ether oxygens (including phenoxy) is 1. The van der Waals surface area contributed by atoms with Crippen LogP contribution in [0.3, 0.4) is 0 Å². The van der Waals surface area contributed by atoms with Crippen LogP contribution in [-0.2, 0) is 9.53 Å². The predicted octanol–water partition coefficient (Wildman–Crippen LogP) is 1.55. The molecule has 3 nitrogen and oxygen atoms in total. The second-order valence-electron chi connectivity index (χ2n) is 3.72. The van der Waals surface area contributed by atoms with E-state index >= 15 is 0 Å². The van der Waals surface area contributed by atoms with Gasteiger partial charge in [-0.05, 0) is 12.8 Å². The number of hydrogen-bond donors (Lipinski definition) is 1. The number of hydrogen-bond acceptors (Lipinski definition) is 4. The average molecular weight is 217 g/mol. The normalized spacial score (nSPS) is 20.4. The van der Waals surface area contributed by atoms with Gasteiger partial charge in [0.25, 0.3) is 0 Å². The van der Waals surface area contributed by atoms with Crippen molar-refractivity contribution in [1.29, 1.82) is 0 Å². The number of methoxy groups -OCH3 is 1. The SMILES string of the molecule is COC(=O)C(N)CSC1CCCCC1. The smallest absolute Gasteiger partial charge is 0.323 e. The summed E-state index contributed by atoms with van der Waals surface area (Å²) >= 11 is 1.82. The lowest BCUT2D eigenvalue weighted by atomic mass is 10.0. The predicted molar refractivity (Wildman–Crippen MR) is 59.3 cm³/mol. The van der Waals surface area contributed by atoms with Crippen LogP contribution in [0.1, 0.15) is 32.1 Å². The van der Waals surface area contributed by atoms with Gasteiger partial charge in [-0.15, -0.1) is 0 Å². The summed E-state index contributed by atoms with van der Waals surface area (Å²) < 4.78 is 4.57. The van der Waals surface area contributed by atoms with E-state index in [-0.39, 0.29) is 5.97 Å². The molecular weight excluding hydrogens is 198 g/mol. The van der Waals surface area contributed by atoms with Crippen molar-refractivity contribution in [2.45, 2.75) is 43.4 Å². The Bertz CT molecular complexity index is 181. The van der Waals surface area contributed by atoms with Gasteiger partial charge in [-0.25, -0.2) is 0 Å². The van der Waals surface area contributed by atoms with Gasteiger partial charge in [0.2, 0.25) is 0 Å². The zero-order valence-corrected chi connectivity index (χ0v) is 9.52. The number of carbonyl (C=O) groups excluding carboxylic acids is 1. The number of rotatable bonds is 4. The van der Waals surface area contributed by atoms with E-state index in [1.54, 1.807) is 0 Å². The summed E-state index contributed by atoms with van der Waals surface area (Å²) in [5, 5.41) is 0.708. The first-order valence-electron chi connectivity index (χ1n) is 5.19. The van der Waals surface area contributed by atoms with Gasteiger partial charge in [0.15, 0.2) is 0 Å². The lowest BCUT2D eigenvalue weighted by Crippen LogP contribution is -2.34. The van der Waals surface area contributed by atoms with Crippen LogP contribution in [0.2, 0.25) is 0 Å². The van der Waals surface area contributed by atoms with E-state index in [1.807, 2.05) is 11.8 Å². The monoisotopic (exact) mass is 217 g/mol. The molecule has 0 saturated heterocycles. The van der Waals surface area contributed by atoms with Crippen molar-refractivity contribution in [3.63, 3.8) is 0 Å². The minimum absolute atomic E-state index is 0.298. The third-order valence-corrected chi connectivity index (χ3v) is 4.06. The lowest BCUT2D eigenvalue weighted by molar-refractivity contribution is -0.141. The average Bonchev–Trinajstić information content (AvgIpc) is 2.26. The van der Waals surface area contributed by atoms with Crippen molar-refractivity contribution < 1.29 is 9.53 Å². The molecule has 0 aromatic rings. The van der Waals surface area contributed by atoms with Crippen LogP contribution in [0.15, 0.2) is 0 Å². The molecule has 1 aliphatic carbocycles. The van der Waals surface area contributed by atoms with E-state index < -0.39 is 6.04 Å². The quantitative estimate of drug-likeness (QED) is 0.726. The fourth-order valence-electron chi connectivity index (χ4n) is 1.69. The Balaban J connectivity index is 2.15. The molecule has 4 heteroatoms. The number of thioether (sulfide) groups is 1. The molecule has 0 aromatic carbocycles. The summed E-state index contributed by atoms with van der Waals surface area (Å²) in [6.45, 7) is 0. The number of esters is 1. The Morgan fingerprint density at radius 1 is 1.50 bits per heavy atom. The Kier molecular flexibility index (Phi) is 5.33. The zero-order valence-electron chi connectivity index (χ0n) is 8.70. The van der Waals surface area contributed by atoms with Crippen LogP contribution >= 0.6 is 11.8 Å². The van der Waals surface area contributed by atoms with E-state index in [1.165, 1.54) is 39.2 Å². The molecule has 1 rings (SSSR count). The van der Waals surface area contributed by atoms with Crippen LogP contribution in [0.4, 0.5) is 0 Å². The second-order valence-corrected chi connectivity index (χ2v) is 5.06. The van der Waals surface area contributed by atoms with E-state index in [4.69, 9.17) is 5.73 Å². The van der Waals surface area contributed by atoms with Crippen LogP contribution < -0.4 is 5.73 Å². The highest BCUT2D eigenvalue weighted by Gasteiger charge is 2.18. The zero-order chi connectivity index (χ0) is 10.4. The van der Waals surface area contributed by atoms with E-state index in [0.717, 1.165) is 0 Å². The Labute approximate surface area is 89.8 Å². The molecule has 2 N–H and O–H groups in total. The summed E-state index contributed by atoms with van der Waals surface area (Å²) in [6, 6.07) is -0.452. The molecule has 0 heterocycles. The Hall–Kier alpha value is -0.220. The fraction of sp³-hybridized carbons (Fsp3) is 0.900. The number of nitrogens with two attached hydrogens (primary N) is 1. The molecule has 1 aliphatic rings. The molecule has 1 unspecified atom stereocenters. The maximum Gasteiger partial charge on any atom is 0.323 e. The highest BCUT2D eigenvalue weighted by atomic mass is 32.2.